The van der Waals surface area contributed by atoms with Gasteiger partial charge in [-0.1, -0.05) is 23.2 Å². The molecule has 2 heterocycles. The van der Waals surface area contributed by atoms with Crippen molar-refractivity contribution in [2.24, 2.45) is 0 Å². The lowest BCUT2D eigenvalue weighted by Crippen LogP contribution is -2.18. The molecular formula is C12H12Cl2N4O2S. The molecule has 9 heteroatoms. The van der Waals surface area contributed by atoms with Gasteiger partial charge in [0.05, 0.1) is 23.2 Å². The summed E-state index contributed by atoms with van der Waals surface area (Å²) >= 11 is 12.9. The summed E-state index contributed by atoms with van der Waals surface area (Å²) in [7, 11) is 5.07. The smallest absolute Gasteiger partial charge is 0.318 e. The third-order valence-electron chi connectivity index (χ3n) is 2.50. The molecule has 0 aliphatic heterocycles. The van der Waals surface area contributed by atoms with Crippen LogP contribution in [0.3, 0.4) is 0 Å². The summed E-state index contributed by atoms with van der Waals surface area (Å²) in [4.78, 5) is 22.1. The van der Waals surface area contributed by atoms with E-state index >= 15 is 0 Å². The number of rotatable bonds is 4. The Morgan fingerprint density at radius 1 is 1.43 bits per heavy atom. The maximum Gasteiger partial charge on any atom is 0.318 e. The largest absolute Gasteiger partial charge is 0.467 e. The molecule has 2 aromatic heterocycles. The van der Waals surface area contributed by atoms with Crippen LogP contribution in [-0.4, -0.2) is 37.1 Å². The minimum absolute atomic E-state index is 0.216. The van der Waals surface area contributed by atoms with Crippen LogP contribution in [0.1, 0.15) is 10.4 Å². The zero-order valence-electron chi connectivity index (χ0n) is 11.5. The van der Waals surface area contributed by atoms with E-state index in [9.17, 15) is 4.79 Å². The first-order valence-electron chi connectivity index (χ1n) is 5.77. The molecule has 0 saturated heterocycles. The number of ether oxygens (including phenoxy) is 1. The lowest BCUT2D eigenvalue weighted by Gasteiger charge is -2.16. The number of aromatic nitrogens is 2. The van der Waals surface area contributed by atoms with Gasteiger partial charge < -0.3 is 15.0 Å². The van der Waals surface area contributed by atoms with Crippen molar-refractivity contribution in [3.63, 3.8) is 0 Å². The van der Waals surface area contributed by atoms with Crippen LogP contribution in [0.5, 0.6) is 6.01 Å². The maximum atomic E-state index is 12.2. The topological polar surface area (TPSA) is 67.3 Å². The van der Waals surface area contributed by atoms with Crippen LogP contribution in [0.4, 0.5) is 11.5 Å². The van der Waals surface area contributed by atoms with Crippen molar-refractivity contribution in [3.8, 4) is 6.01 Å². The van der Waals surface area contributed by atoms with Gasteiger partial charge >= 0.3 is 6.01 Å². The van der Waals surface area contributed by atoms with E-state index in [-0.39, 0.29) is 11.9 Å². The second-order valence-electron chi connectivity index (χ2n) is 4.18. The van der Waals surface area contributed by atoms with Gasteiger partial charge in [0, 0.05) is 14.1 Å². The first-order valence-corrected chi connectivity index (χ1v) is 7.34. The number of hydrogen-bond acceptors (Lipinski definition) is 6. The van der Waals surface area contributed by atoms with Crippen molar-refractivity contribution >= 4 is 52.0 Å². The number of anilines is 2. The van der Waals surface area contributed by atoms with Crippen molar-refractivity contribution in [1.82, 2.24) is 9.97 Å². The highest BCUT2D eigenvalue weighted by molar-refractivity contribution is 7.20. The number of nitrogens with zero attached hydrogens (tertiary/aromatic N) is 3. The minimum atomic E-state index is -0.375. The Balaban J connectivity index is 2.30. The molecular weight excluding hydrogens is 335 g/mol. The van der Waals surface area contributed by atoms with Crippen LogP contribution in [0.2, 0.25) is 8.67 Å². The van der Waals surface area contributed by atoms with Gasteiger partial charge in [0.2, 0.25) is 0 Å². The average molecular weight is 347 g/mol. The molecule has 0 unspecified atom stereocenters. The molecule has 0 spiro atoms. The van der Waals surface area contributed by atoms with E-state index in [1.807, 2.05) is 0 Å². The predicted molar refractivity (Wildman–Crippen MR) is 85.2 cm³/mol. The predicted octanol–water partition coefficient (Wildman–Crippen LogP) is 3.17. The molecule has 0 fully saturated rings. The molecule has 0 saturated carbocycles. The first-order chi connectivity index (χ1) is 9.92. The highest BCUT2D eigenvalue weighted by atomic mass is 35.5. The van der Waals surface area contributed by atoms with Gasteiger partial charge in [0.1, 0.15) is 10.0 Å². The molecule has 0 aromatic carbocycles. The summed E-state index contributed by atoms with van der Waals surface area (Å²) in [6.07, 6.45) is 1.47. The Morgan fingerprint density at radius 2 is 2.14 bits per heavy atom. The van der Waals surface area contributed by atoms with Crippen molar-refractivity contribution in [1.29, 1.82) is 0 Å². The molecule has 1 N–H and O–H groups in total. The van der Waals surface area contributed by atoms with Crippen LogP contribution in [-0.2, 0) is 0 Å². The molecule has 21 heavy (non-hydrogen) atoms. The van der Waals surface area contributed by atoms with Gasteiger partial charge in [-0.25, -0.2) is 4.98 Å². The second-order valence-corrected chi connectivity index (χ2v) is 6.47. The standard InChI is InChI=1S/C12H12Cl2N4O2S/c1-18(2)10-7(5-15-12(17-10)20-3)16-11(19)6-4-8(13)21-9(6)14/h4-5H,1-3H3,(H,16,19). The van der Waals surface area contributed by atoms with Gasteiger partial charge in [0.15, 0.2) is 5.82 Å². The van der Waals surface area contributed by atoms with E-state index in [1.165, 1.54) is 19.4 Å². The third kappa shape index (κ3) is 3.55. The number of halogens is 2. The van der Waals surface area contributed by atoms with E-state index in [4.69, 9.17) is 27.9 Å². The number of methoxy groups -OCH3 is 1. The second kappa shape index (κ2) is 6.46. The lowest BCUT2D eigenvalue weighted by molar-refractivity contribution is 0.102. The summed E-state index contributed by atoms with van der Waals surface area (Å²) in [5.74, 6) is 0.146. The number of amides is 1. The van der Waals surface area contributed by atoms with Crippen LogP contribution in [0, 0.1) is 0 Å². The van der Waals surface area contributed by atoms with Crippen molar-refractivity contribution in [2.45, 2.75) is 0 Å². The first kappa shape index (κ1) is 15.8. The Morgan fingerprint density at radius 3 is 2.67 bits per heavy atom. The van der Waals surface area contributed by atoms with Gasteiger partial charge in [-0.15, -0.1) is 11.3 Å². The summed E-state index contributed by atoms with van der Waals surface area (Å²) in [6, 6.07) is 1.73. The molecule has 6 nitrogen and oxygen atoms in total. The van der Waals surface area contributed by atoms with E-state index < -0.39 is 0 Å². The highest BCUT2D eigenvalue weighted by Crippen LogP contribution is 2.32. The zero-order valence-corrected chi connectivity index (χ0v) is 13.8. The van der Waals surface area contributed by atoms with E-state index in [1.54, 1.807) is 19.0 Å². The van der Waals surface area contributed by atoms with Gasteiger partial charge in [-0.2, -0.15) is 4.98 Å². The van der Waals surface area contributed by atoms with Crippen LogP contribution < -0.4 is 15.0 Å². The number of nitrogens with one attached hydrogen (secondary N) is 1. The van der Waals surface area contributed by atoms with Crippen molar-refractivity contribution in [2.75, 3.05) is 31.4 Å². The fourth-order valence-electron chi connectivity index (χ4n) is 1.57. The lowest BCUT2D eigenvalue weighted by atomic mass is 10.3. The van der Waals surface area contributed by atoms with Crippen LogP contribution >= 0.6 is 34.5 Å². The van der Waals surface area contributed by atoms with E-state index in [0.717, 1.165) is 11.3 Å². The fraction of sp³-hybridized carbons (Fsp3) is 0.250. The van der Waals surface area contributed by atoms with Crippen molar-refractivity contribution in [3.05, 3.63) is 26.5 Å². The molecule has 0 aliphatic carbocycles. The molecule has 1 amide bonds. The summed E-state index contributed by atoms with van der Waals surface area (Å²) in [5, 5.41) is 2.72. The monoisotopic (exact) mass is 346 g/mol. The Kier molecular flexibility index (Phi) is 4.87. The SMILES string of the molecule is COc1ncc(NC(=O)c2cc(Cl)sc2Cl)c(N(C)C)n1. The maximum absolute atomic E-state index is 12.2. The third-order valence-corrected chi connectivity index (χ3v) is 3.99. The Labute approximate surface area is 135 Å². The quantitative estimate of drug-likeness (QED) is 0.920. The number of thiophene rings is 1. The molecule has 0 bridgehead atoms. The highest BCUT2D eigenvalue weighted by Gasteiger charge is 2.17. The van der Waals surface area contributed by atoms with Crippen molar-refractivity contribution < 1.29 is 9.53 Å². The molecule has 2 rings (SSSR count). The molecule has 0 radical (unpaired) electrons. The molecule has 0 aliphatic rings. The van der Waals surface area contributed by atoms with Crippen LogP contribution in [0.15, 0.2) is 12.3 Å². The van der Waals surface area contributed by atoms with Gasteiger partial charge in [-0.05, 0) is 6.07 Å². The number of carbonyl (C=O) groups excluding carboxylic acids is 1. The van der Waals surface area contributed by atoms with Gasteiger partial charge in [-0.3, -0.25) is 4.79 Å². The summed E-state index contributed by atoms with van der Waals surface area (Å²) in [5.41, 5.74) is 0.761. The summed E-state index contributed by atoms with van der Waals surface area (Å²) in [6.45, 7) is 0. The normalized spacial score (nSPS) is 10.3. The molecule has 0 atom stereocenters. The minimum Gasteiger partial charge on any atom is -0.467 e. The Hall–Kier alpha value is -1.57. The van der Waals surface area contributed by atoms with Gasteiger partial charge in [0.25, 0.3) is 5.91 Å². The number of hydrogen-bond donors (Lipinski definition) is 1. The van der Waals surface area contributed by atoms with E-state index in [0.29, 0.717) is 25.7 Å². The van der Waals surface area contributed by atoms with Crippen LogP contribution in [0.25, 0.3) is 0 Å². The average Bonchev–Trinajstić information content (AvgIpc) is 2.78. The van der Waals surface area contributed by atoms with E-state index in [2.05, 4.69) is 15.3 Å². The fourth-order valence-corrected chi connectivity index (χ4v) is 3.03. The summed E-state index contributed by atoms with van der Waals surface area (Å²) < 4.78 is 5.75. The zero-order chi connectivity index (χ0) is 15.6. The number of carbonyl (C=O) groups is 1. The Bertz CT molecular complexity index is 675. The molecule has 2 aromatic rings. The molecule has 112 valence electrons.